The predicted octanol–water partition coefficient (Wildman–Crippen LogP) is 4.28. The molecule has 3 atom stereocenters. The van der Waals surface area contributed by atoms with Crippen molar-refractivity contribution in [3.63, 3.8) is 0 Å². The molecule has 2 fully saturated rings. The van der Waals surface area contributed by atoms with Crippen molar-refractivity contribution in [2.45, 2.75) is 96.3 Å². The van der Waals surface area contributed by atoms with Gasteiger partial charge < -0.3 is 10.1 Å². The Morgan fingerprint density at radius 1 is 1.21 bits per heavy atom. The number of nitrogens with one attached hydrogen (secondary N) is 1. The summed E-state index contributed by atoms with van der Waals surface area (Å²) in [6.07, 6.45) is 12.3. The summed E-state index contributed by atoms with van der Waals surface area (Å²) in [5, 5.41) is 3.70. The van der Waals surface area contributed by atoms with Crippen molar-refractivity contribution < 1.29 is 4.74 Å². The summed E-state index contributed by atoms with van der Waals surface area (Å²) in [7, 11) is 0. The minimum absolute atomic E-state index is 0.308. The van der Waals surface area contributed by atoms with Crippen LogP contribution < -0.4 is 5.32 Å². The molecule has 2 rings (SSSR count). The Hall–Kier alpha value is -0.0800. The summed E-state index contributed by atoms with van der Waals surface area (Å²) >= 11 is 0. The van der Waals surface area contributed by atoms with Gasteiger partial charge >= 0.3 is 0 Å². The van der Waals surface area contributed by atoms with E-state index in [1.54, 1.807) is 0 Å². The summed E-state index contributed by atoms with van der Waals surface area (Å²) in [5.41, 5.74) is 0.308. The molecule has 1 aliphatic carbocycles. The Morgan fingerprint density at radius 3 is 2.58 bits per heavy atom. The van der Waals surface area contributed by atoms with Gasteiger partial charge in [0.15, 0.2) is 0 Å². The van der Waals surface area contributed by atoms with Crippen LogP contribution in [0.25, 0.3) is 0 Å². The highest BCUT2D eigenvalue weighted by Crippen LogP contribution is 2.44. The molecule has 0 aromatic rings. The molecule has 1 aliphatic heterocycles. The number of hydrogen-bond donors (Lipinski definition) is 1. The van der Waals surface area contributed by atoms with Gasteiger partial charge in [-0.05, 0) is 57.4 Å². The maximum atomic E-state index is 6.45. The van der Waals surface area contributed by atoms with E-state index in [1.807, 2.05) is 0 Å². The van der Waals surface area contributed by atoms with Gasteiger partial charge in [-0.3, -0.25) is 0 Å². The van der Waals surface area contributed by atoms with Gasteiger partial charge in [0, 0.05) is 6.04 Å². The Kier molecular flexibility index (Phi) is 5.70. The molecule has 2 heteroatoms. The average molecular weight is 267 g/mol. The lowest BCUT2D eigenvalue weighted by Crippen LogP contribution is -2.36. The molecule has 112 valence electrons. The largest absolute Gasteiger partial charge is 0.372 e. The topological polar surface area (TPSA) is 21.3 Å². The van der Waals surface area contributed by atoms with E-state index in [9.17, 15) is 0 Å². The van der Waals surface area contributed by atoms with Gasteiger partial charge in [-0.2, -0.15) is 0 Å². The number of ether oxygens (including phenoxy) is 1. The molecule has 2 aliphatic rings. The van der Waals surface area contributed by atoms with Gasteiger partial charge in [-0.15, -0.1) is 0 Å². The Morgan fingerprint density at radius 2 is 1.95 bits per heavy atom. The number of hydrogen-bond acceptors (Lipinski definition) is 2. The second-order valence-electron chi connectivity index (χ2n) is 6.85. The van der Waals surface area contributed by atoms with Gasteiger partial charge in [0.1, 0.15) is 0 Å². The molecule has 0 radical (unpaired) electrons. The SMILES string of the molecule is CCCNC(CC)C(C)CC1CCC2(CCCC2)O1. The molecule has 1 heterocycles. The highest BCUT2D eigenvalue weighted by atomic mass is 16.5. The highest BCUT2D eigenvalue weighted by Gasteiger charge is 2.42. The fourth-order valence-corrected chi connectivity index (χ4v) is 4.11. The van der Waals surface area contributed by atoms with Crippen LogP contribution in [0.15, 0.2) is 0 Å². The van der Waals surface area contributed by atoms with Gasteiger partial charge in [0.2, 0.25) is 0 Å². The number of rotatable bonds is 7. The molecule has 0 aromatic heterocycles. The van der Waals surface area contributed by atoms with E-state index in [-0.39, 0.29) is 0 Å². The molecular formula is C17H33NO. The third-order valence-electron chi connectivity index (χ3n) is 5.27. The average Bonchev–Trinajstić information content (AvgIpc) is 3.01. The quantitative estimate of drug-likeness (QED) is 0.743. The lowest BCUT2D eigenvalue weighted by Gasteiger charge is -2.28. The van der Waals surface area contributed by atoms with Crippen molar-refractivity contribution in [1.82, 2.24) is 5.32 Å². The first-order valence-corrected chi connectivity index (χ1v) is 8.60. The second-order valence-corrected chi connectivity index (χ2v) is 6.85. The third-order valence-corrected chi connectivity index (χ3v) is 5.27. The second kappa shape index (κ2) is 7.08. The highest BCUT2D eigenvalue weighted by molar-refractivity contribution is 4.93. The molecule has 1 spiro atoms. The molecule has 1 N–H and O–H groups in total. The van der Waals surface area contributed by atoms with Crippen molar-refractivity contribution in [2.75, 3.05) is 6.54 Å². The third kappa shape index (κ3) is 3.95. The van der Waals surface area contributed by atoms with E-state index >= 15 is 0 Å². The van der Waals surface area contributed by atoms with Crippen molar-refractivity contribution in [3.8, 4) is 0 Å². The molecule has 0 aromatic carbocycles. The molecule has 1 saturated carbocycles. The van der Waals surface area contributed by atoms with Crippen molar-refractivity contribution >= 4 is 0 Å². The standard InChI is InChI=1S/C17H33NO/c1-4-12-18-16(5-2)14(3)13-15-8-11-17(19-15)9-6-7-10-17/h14-16,18H,4-13H2,1-3H3. The minimum atomic E-state index is 0.308. The van der Waals surface area contributed by atoms with Gasteiger partial charge in [-0.25, -0.2) is 0 Å². The van der Waals surface area contributed by atoms with Crippen LogP contribution in [-0.4, -0.2) is 24.3 Å². The zero-order chi connectivity index (χ0) is 13.7. The smallest absolute Gasteiger partial charge is 0.0687 e. The van der Waals surface area contributed by atoms with Gasteiger partial charge in [-0.1, -0.05) is 33.6 Å². The summed E-state index contributed by atoms with van der Waals surface area (Å²) in [6.45, 7) is 8.10. The molecule has 2 nitrogen and oxygen atoms in total. The van der Waals surface area contributed by atoms with Crippen molar-refractivity contribution in [1.29, 1.82) is 0 Å². The predicted molar refractivity (Wildman–Crippen MR) is 81.5 cm³/mol. The van der Waals surface area contributed by atoms with Crippen LogP contribution in [-0.2, 0) is 4.74 Å². The summed E-state index contributed by atoms with van der Waals surface area (Å²) in [5.74, 6) is 0.734. The van der Waals surface area contributed by atoms with E-state index in [0.29, 0.717) is 17.7 Å². The molecule has 0 bridgehead atoms. The molecule has 3 unspecified atom stereocenters. The van der Waals surface area contributed by atoms with Crippen LogP contribution in [0.2, 0.25) is 0 Å². The first-order chi connectivity index (χ1) is 9.19. The van der Waals surface area contributed by atoms with E-state index in [2.05, 4.69) is 26.1 Å². The summed E-state index contributed by atoms with van der Waals surface area (Å²) in [4.78, 5) is 0. The van der Waals surface area contributed by atoms with Crippen LogP contribution in [0.5, 0.6) is 0 Å². The Bertz CT molecular complexity index is 260. The lowest BCUT2D eigenvalue weighted by atomic mass is 9.91. The van der Waals surface area contributed by atoms with Crippen LogP contribution in [0.3, 0.4) is 0 Å². The first-order valence-electron chi connectivity index (χ1n) is 8.60. The molecule has 1 saturated heterocycles. The fourth-order valence-electron chi connectivity index (χ4n) is 4.11. The fraction of sp³-hybridized carbons (Fsp3) is 1.00. The van der Waals surface area contributed by atoms with E-state index < -0.39 is 0 Å². The van der Waals surface area contributed by atoms with Gasteiger partial charge in [0.05, 0.1) is 11.7 Å². The van der Waals surface area contributed by atoms with Crippen LogP contribution in [0, 0.1) is 5.92 Å². The van der Waals surface area contributed by atoms with E-state index in [4.69, 9.17) is 4.74 Å². The molecular weight excluding hydrogens is 234 g/mol. The van der Waals surface area contributed by atoms with Crippen LogP contribution in [0.4, 0.5) is 0 Å². The first kappa shape index (κ1) is 15.3. The van der Waals surface area contributed by atoms with Crippen LogP contribution >= 0.6 is 0 Å². The van der Waals surface area contributed by atoms with Gasteiger partial charge in [0.25, 0.3) is 0 Å². The lowest BCUT2D eigenvalue weighted by molar-refractivity contribution is -0.0450. The van der Waals surface area contributed by atoms with Crippen molar-refractivity contribution in [3.05, 3.63) is 0 Å². The summed E-state index contributed by atoms with van der Waals surface area (Å²) in [6, 6.07) is 0.670. The van der Waals surface area contributed by atoms with E-state index in [0.717, 1.165) is 12.5 Å². The zero-order valence-electron chi connectivity index (χ0n) is 13.2. The van der Waals surface area contributed by atoms with Crippen LogP contribution in [0.1, 0.15) is 78.6 Å². The Labute approximate surface area is 119 Å². The minimum Gasteiger partial charge on any atom is -0.372 e. The zero-order valence-corrected chi connectivity index (χ0v) is 13.2. The van der Waals surface area contributed by atoms with E-state index in [1.165, 1.54) is 57.8 Å². The normalized spacial score (nSPS) is 28.9. The molecule has 19 heavy (non-hydrogen) atoms. The maximum absolute atomic E-state index is 6.45. The maximum Gasteiger partial charge on any atom is 0.0687 e. The monoisotopic (exact) mass is 267 g/mol. The summed E-state index contributed by atoms with van der Waals surface area (Å²) < 4.78 is 6.45. The van der Waals surface area contributed by atoms with Crippen molar-refractivity contribution in [2.24, 2.45) is 5.92 Å². The Balaban J connectivity index is 1.77. The molecule has 0 amide bonds.